The fourth-order valence-corrected chi connectivity index (χ4v) is 4.72. The third kappa shape index (κ3) is 3.47. The molecular weight excluding hydrogens is 370 g/mol. The number of fused-ring (bicyclic) bond motifs is 1. The predicted octanol–water partition coefficient (Wildman–Crippen LogP) is 3.05. The Kier molecular flexibility index (Phi) is 4.70. The maximum absolute atomic E-state index is 12.6. The lowest BCUT2D eigenvalue weighted by Gasteiger charge is -2.27. The average Bonchev–Trinajstić information content (AvgIpc) is 3.43. The Morgan fingerprint density at radius 2 is 2.04 bits per heavy atom. The number of hydrogen-bond donors (Lipinski definition) is 1. The zero-order chi connectivity index (χ0) is 18.9. The second-order valence-electron chi connectivity index (χ2n) is 7.50. The Bertz CT molecular complexity index is 1010. The largest absolute Gasteiger partial charge is 0.357 e. The first-order valence-corrected chi connectivity index (χ1v) is 10.7. The Labute approximate surface area is 167 Å². The molecule has 3 aromatic heterocycles. The third-order valence-corrected chi connectivity index (χ3v) is 6.42. The van der Waals surface area contributed by atoms with Gasteiger partial charge >= 0.3 is 0 Å². The first-order valence-electron chi connectivity index (χ1n) is 9.84. The Morgan fingerprint density at radius 1 is 1.14 bits per heavy atom. The van der Waals surface area contributed by atoms with Crippen LogP contribution in [0, 0.1) is 0 Å². The summed E-state index contributed by atoms with van der Waals surface area (Å²) < 4.78 is 0. The molecule has 1 saturated heterocycles. The first-order chi connectivity index (χ1) is 13.8. The molecule has 7 heteroatoms. The van der Waals surface area contributed by atoms with Gasteiger partial charge in [0.1, 0.15) is 5.82 Å². The van der Waals surface area contributed by atoms with E-state index in [2.05, 4.69) is 31.9 Å². The molecular formula is C21H23N5OS. The highest BCUT2D eigenvalue weighted by atomic mass is 32.1. The van der Waals surface area contributed by atoms with Crippen molar-refractivity contribution in [2.24, 2.45) is 0 Å². The highest BCUT2D eigenvalue weighted by Crippen LogP contribution is 2.23. The third-order valence-electron chi connectivity index (χ3n) is 5.55. The Hall–Kier alpha value is -2.51. The zero-order valence-corrected chi connectivity index (χ0v) is 16.5. The van der Waals surface area contributed by atoms with E-state index in [0.29, 0.717) is 12.4 Å². The van der Waals surface area contributed by atoms with Crippen LogP contribution in [0.5, 0.6) is 0 Å². The maximum Gasteiger partial charge on any atom is 0.255 e. The van der Waals surface area contributed by atoms with Crippen molar-refractivity contribution in [1.82, 2.24) is 19.9 Å². The van der Waals surface area contributed by atoms with Gasteiger partial charge in [-0.05, 0) is 35.9 Å². The van der Waals surface area contributed by atoms with E-state index in [0.717, 1.165) is 54.6 Å². The fourth-order valence-electron chi connectivity index (χ4n) is 4.05. The predicted molar refractivity (Wildman–Crippen MR) is 112 cm³/mol. The topological polar surface area (TPSA) is 65.1 Å². The van der Waals surface area contributed by atoms with E-state index in [9.17, 15) is 4.79 Å². The van der Waals surface area contributed by atoms with Gasteiger partial charge in [0.2, 0.25) is 0 Å². The van der Waals surface area contributed by atoms with Crippen LogP contribution in [0.2, 0.25) is 0 Å². The molecule has 0 aromatic carbocycles. The molecule has 0 amide bonds. The van der Waals surface area contributed by atoms with Crippen LogP contribution in [0.4, 0.5) is 5.82 Å². The van der Waals surface area contributed by atoms with Crippen molar-refractivity contribution in [2.45, 2.75) is 32.4 Å². The molecule has 0 atom stereocenters. The molecule has 1 N–H and O–H groups in total. The summed E-state index contributed by atoms with van der Waals surface area (Å²) >= 11 is 1.59. The van der Waals surface area contributed by atoms with Gasteiger partial charge in [-0.3, -0.25) is 9.69 Å². The minimum absolute atomic E-state index is 0.0133. The number of aromatic nitrogens is 3. The second kappa shape index (κ2) is 7.48. The molecule has 0 bridgehead atoms. The van der Waals surface area contributed by atoms with E-state index in [1.165, 1.54) is 18.4 Å². The van der Waals surface area contributed by atoms with Crippen molar-refractivity contribution >= 4 is 17.2 Å². The zero-order valence-electron chi connectivity index (χ0n) is 15.7. The standard InChI is InChI=1S/C21H23N5OS/c27-21-16-14-25(10-7-17(16)23-20(24-21)18-4-3-11-28-18)13-15-5-6-19(22-12-15)26-8-1-2-9-26/h3-6,11-12H,1-2,7-10,13-14H2,(H,23,24,27). The highest BCUT2D eigenvalue weighted by molar-refractivity contribution is 7.13. The molecule has 0 radical (unpaired) electrons. The van der Waals surface area contributed by atoms with Gasteiger partial charge in [0.25, 0.3) is 5.56 Å². The van der Waals surface area contributed by atoms with Gasteiger partial charge in [0.15, 0.2) is 5.82 Å². The Balaban J connectivity index is 1.30. The van der Waals surface area contributed by atoms with Crippen molar-refractivity contribution in [1.29, 1.82) is 0 Å². The van der Waals surface area contributed by atoms with Crippen LogP contribution in [0.25, 0.3) is 10.7 Å². The van der Waals surface area contributed by atoms with Crippen molar-refractivity contribution in [3.05, 3.63) is 63.0 Å². The number of nitrogens with zero attached hydrogens (tertiary/aromatic N) is 4. The van der Waals surface area contributed by atoms with Crippen molar-refractivity contribution in [3.8, 4) is 10.7 Å². The maximum atomic E-state index is 12.6. The summed E-state index contributed by atoms with van der Waals surface area (Å²) in [5.41, 5.74) is 2.91. The molecule has 5 rings (SSSR count). The van der Waals surface area contributed by atoms with Gasteiger partial charge in [-0.25, -0.2) is 9.97 Å². The molecule has 0 spiro atoms. The Morgan fingerprint density at radius 3 is 2.79 bits per heavy atom. The van der Waals surface area contributed by atoms with Gasteiger partial charge in [-0.1, -0.05) is 12.1 Å². The van der Waals surface area contributed by atoms with Crippen molar-refractivity contribution in [2.75, 3.05) is 24.5 Å². The van der Waals surface area contributed by atoms with Crippen molar-refractivity contribution in [3.63, 3.8) is 0 Å². The lowest BCUT2D eigenvalue weighted by atomic mass is 10.1. The number of aromatic amines is 1. The van der Waals surface area contributed by atoms with E-state index in [1.807, 2.05) is 23.7 Å². The van der Waals surface area contributed by atoms with Gasteiger partial charge in [-0.15, -0.1) is 11.3 Å². The smallest absolute Gasteiger partial charge is 0.255 e. The van der Waals surface area contributed by atoms with E-state index < -0.39 is 0 Å². The fraction of sp³-hybridized carbons (Fsp3) is 0.381. The monoisotopic (exact) mass is 393 g/mol. The number of anilines is 1. The molecule has 0 aliphatic carbocycles. The summed E-state index contributed by atoms with van der Waals surface area (Å²) in [5.74, 6) is 1.76. The van der Waals surface area contributed by atoms with Crippen LogP contribution < -0.4 is 10.5 Å². The van der Waals surface area contributed by atoms with Gasteiger partial charge < -0.3 is 9.88 Å². The lowest BCUT2D eigenvalue weighted by Crippen LogP contribution is -2.35. The molecule has 1 fully saturated rings. The van der Waals surface area contributed by atoms with E-state index >= 15 is 0 Å². The minimum Gasteiger partial charge on any atom is -0.357 e. The van der Waals surface area contributed by atoms with E-state index in [1.54, 1.807) is 11.3 Å². The summed E-state index contributed by atoms with van der Waals surface area (Å²) in [6, 6.07) is 8.26. The van der Waals surface area contributed by atoms with Gasteiger partial charge in [0, 0.05) is 45.3 Å². The van der Waals surface area contributed by atoms with Crippen LogP contribution in [0.1, 0.15) is 29.7 Å². The summed E-state index contributed by atoms with van der Waals surface area (Å²) in [5, 5.41) is 2.00. The summed E-state index contributed by atoms with van der Waals surface area (Å²) in [6.45, 7) is 4.56. The minimum atomic E-state index is -0.0133. The van der Waals surface area contributed by atoms with Crippen LogP contribution >= 0.6 is 11.3 Å². The number of rotatable bonds is 4. The van der Waals surface area contributed by atoms with Crippen LogP contribution in [-0.4, -0.2) is 39.5 Å². The summed E-state index contributed by atoms with van der Waals surface area (Å²) in [4.78, 5) is 30.6. The molecule has 144 valence electrons. The molecule has 28 heavy (non-hydrogen) atoms. The normalized spacial score (nSPS) is 17.1. The van der Waals surface area contributed by atoms with E-state index in [-0.39, 0.29) is 5.56 Å². The highest BCUT2D eigenvalue weighted by Gasteiger charge is 2.22. The number of hydrogen-bond acceptors (Lipinski definition) is 6. The molecule has 3 aromatic rings. The van der Waals surface area contributed by atoms with Crippen molar-refractivity contribution < 1.29 is 0 Å². The molecule has 2 aliphatic heterocycles. The molecule has 0 unspecified atom stereocenters. The number of thiophene rings is 1. The van der Waals surface area contributed by atoms with Crippen LogP contribution in [0.3, 0.4) is 0 Å². The second-order valence-corrected chi connectivity index (χ2v) is 8.44. The number of pyridine rings is 1. The van der Waals surface area contributed by atoms with Crippen LogP contribution in [0.15, 0.2) is 40.6 Å². The summed E-state index contributed by atoms with van der Waals surface area (Å²) in [7, 11) is 0. The molecule has 0 saturated carbocycles. The van der Waals surface area contributed by atoms with Gasteiger partial charge in [0.05, 0.1) is 16.1 Å². The van der Waals surface area contributed by atoms with Gasteiger partial charge in [-0.2, -0.15) is 0 Å². The summed E-state index contributed by atoms with van der Waals surface area (Å²) in [6.07, 6.45) is 5.29. The molecule has 6 nitrogen and oxygen atoms in total. The SMILES string of the molecule is O=c1[nH]c(-c2cccs2)nc2c1CN(Cc1ccc(N3CCCC3)nc1)CC2. The average molecular weight is 394 g/mol. The number of H-pyrrole nitrogens is 1. The molecule has 2 aliphatic rings. The van der Waals surface area contributed by atoms with E-state index in [4.69, 9.17) is 4.98 Å². The first kappa shape index (κ1) is 17.6. The molecule has 5 heterocycles. The lowest BCUT2D eigenvalue weighted by molar-refractivity contribution is 0.241. The quantitative estimate of drug-likeness (QED) is 0.738. The number of nitrogens with one attached hydrogen (secondary N) is 1. The van der Waals surface area contributed by atoms with Crippen LogP contribution in [-0.2, 0) is 19.5 Å².